The molecule has 36 heavy (non-hydrogen) atoms. The van der Waals surface area contributed by atoms with Gasteiger partial charge < -0.3 is 15.0 Å². The van der Waals surface area contributed by atoms with Gasteiger partial charge in [0.1, 0.15) is 5.75 Å². The summed E-state index contributed by atoms with van der Waals surface area (Å²) in [4.78, 5) is 26.5. The molecule has 0 saturated carbocycles. The highest BCUT2D eigenvalue weighted by Crippen LogP contribution is 2.34. The van der Waals surface area contributed by atoms with Gasteiger partial charge in [0.15, 0.2) is 6.73 Å². The lowest BCUT2D eigenvalue weighted by Gasteiger charge is -2.31. The number of fused-ring (bicyclic) bond motifs is 3. The molecule has 1 aliphatic heterocycles. The number of hydrogen-bond acceptors (Lipinski definition) is 5. The summed E-state index contributed by atoms with van der Waals surface area (Å²) in [5, 5.41) is 11.8. The van der Waals surface area contributed by atoms with Gasteiger partial charge in [-0.15, -0.1) is 0 Å². The maximum Gasteiger partial charge on any atom is 0.264 e. The minimum atomic E-state index is -0.265. The number of amides is 1. The van der Waals surface area contributed by atoms with Crippen molar-refractivity contribution < 1.29 is 9.53 Å². The van der Waals surface area contributed by atoms with E-state index in [0.717, 1.165) is 22.6 Å². The highest BCUT2D eigenvalue weighted by atomic mass is 16.5. The Morgan fingerprint density at radius 2 is 1.81 bits per heavy atom. The Hall–Kier alpha value is -4.91. The minimum Gasteiger partial charge on any atom is -0.473 e. The molecule has 1 amide bonds. The first-order valence-corrected chi connectivity index (χ1v) is 11.6. The van der Waals surface area contributed by atoms with Crippen molar-refractivity contribution in [3.05, 3.63) is 119 Å². The van der Waals surface area contributed by atoms with E-state index < -0.39 is 0 Å². The molecule has 7 heteroatoms. The third-order valence-electron chi connectivity index (χ3n) is 6.29. The predicted molar refractivity (Wildman–Crippen MR) is 140 cm³/mol. The molecule has 2 N–H and O–H groups in total. The molecule has 0 atom stereocenters. The quantitative estimate of drug-likeness (QED) is 0.374. The van der Waals surface area contributed by atoms with Gasteiger partial charge in [0.25, 0.3) is 11.5 Å². The number of aromatic amines is 1. The van der Waals surface area contributed by atoms with Crippen LogP contribution in [-0.2, 0) is 6.54 Å². The zero-order valence-corrected chi connectivity index (χ0v) is 19.3. The molecule has 2 heterocycles. The Morgan fingerprint density at radius 1 is 0.917 bits per heavy atom. The number of H-pyrrole nitrogens is 1. The normalized spacial score (nSPS) is 12.6. The average Bonchev–Trinajstić information content (AvgIpc) is 2.93. The molecule has 0 bridgehead atoms. The fourth-order valence-corrected chi connectivity index (χ4v) is 4.47. The van der Waals surface area contributed by atoms with E-state index in [1.165, 1.54) is 16.8 Å². The third kappa shape index (κ3) is 4.18. The summed E-state index contributed by atoms with van der Waals surface area (Å²) in [6, 6.07) is 30.3. The second kappa shape index (κ2) is 9.03. The van der Waals surface area contributed by atoms with Gasteiger partial charge in [-0.2, -0.15) is 5.10 Å². The lowest BCUT2D eigenvalue weighted by Crippen LogP contribution is -2.32. The molecule has 7 nitrogen and oxygen atoms in total. The van der Waals surface area contributed by atoms with Gasteiger partial charge in [0.05, 0.1) is 12.2 Å². The fourth-order valence-electron chi connectivity index (χ4n) is 4.47. The molecule has 0 spiro atoms. The Bertz CT molecular complexity index is 1640. The number of anilines is 2. The van der Waals surface area contributed by atoms with E-state index >= 15 is 0 Å². The van der Waals surface area contributed by atoms with Crippen LogP contribution in [0, 0.1) is 0 Å². The summed E-state index contributed by atoms with van der Waals surface area (Å²) in [5.74, 6) is 0.683. The summed E-state index contributed by atoms with van der Waals surface area (Å²) in [6.07, 6.45) is 0. The van der Waals surface area contributed by atoms with E-state index in [0.29, 0.717) is 30.2 Å². The Labute approximate surface area is 207 Å². The molecule has 5 aromatic rings. The number of nitrogens with zero attached hydrogens (tertiary/aromatic N) is 2. The number of ether oxygens (including phenoxy) is 1. The van der Waals surface area contributed by atoms with Crippen LogP contribution in [0.15, 0.2) is 102 Å². The first-order valence-electron chi connectivity index (χ1n) is 11.6. The molecule has 1 aliphatic rings. The van der Waals surface area contributed by atoms with Gasteiger partial charge in [-0.1, -0.05) is 48.5 Å². The zero-order chi connectivity index (χ0) is 24.5. The summed E-state index contributed by atoms with van der Waals surface area (Å²) in [6.45, 7) is 1.10. The maximum atomic E-state index is 13.1. The molecule has 6 rings (SSSR count). The van der Waals surface area contributed by atoms with Crippen molar-refractivity contribution in [1.82, 2.24) is 10.2 Å². The molecule has 4 aromatic carbocycles. The van der Waals surface area contributed by atoms with Crippen LogP contribution in [0.25, 0.3) is 22.0 Å². The summed E-state index contributed by atoms with van der Waals surface area (Å²) >= 11 is 0. The highest BCUT2D eigenvalue weighted by molar-refractivity contribution is 6.05. The molecule has 0 fully saturated rings. The zero-order valence-electron chi connectivity index (χ0n) is 19.3. The van der Waals surface area contributed by atoms with E-state index in [9.17, 15) is 9.59 Å². The number of hydrogen-bond donors (Lipinski definition) is 2. The second-order valence-electron chi connectivity index (χ2n) is 8.63. The minimum absolute atomic E-state index is 0.216. The van der Waals surface area contributed by atoms with Crippen molar-refractivity contribution in [2.45, 2.75) is 6.54 Å². The van der Waals surface area contributed by atoms with Crippen LogP contribution in [0.2, 0.25) is 0 Å². The van der Waals surface area contributed by atoms with Crippen LogP contribution >= 0.6 is 0 Å². The van der Waals surface area contributed by atoms with E-state index in [1.54, 1.807) is 12.1 Å². The molecule has 0 unspecified atom stereocenters. The van der Waals surface area contributed by atoms with Crippen LogP contribution in [-0.4, -0.2) is 22.8 Å². The standard InChI is InChI=1S/C29H22N4O3/c34-28-14-12-26(31-32-28)20-6-3-8-22(15-20)30-29(35)21-7-4-9-23(16-21)33-17-25-24-10-2-1-5-19(24)11-13-27(25)36-18-33/h1-16H,17-18H2,(H,30,35)(H,32,34). The van der Waals surface area contributed by atoms with Crippen molar-refractivity contribution in [3.63, 3.8) is 0 Å². The summed E-state index contributed by atoms with van der Waals surface area (Å²) < 4.78 is 6.05. The Morgan fingerprint density at radius 3 is 2.69 bits per heavy atom. The molecular formula is C29H22N4O3. The lowest BCUT2D eigenvalue weighted by atomic mass is 10.0. The van der Waals surface area contributed by atoms with Crippen LogP contribution in [0.3, 0.4) is 0 Å². The molecule has 0 saturated heterocycles. The van der Waals surface area contributed by atoms with E-state index in [2.05, 4.69) is 38.6 Å². The van der Waals surface area contributed by atoms with Crippen molar-refractivity contribution >= 4 is 28.1 Å². The Kier molecular flexibility index (Phi) is 5.42. The van der Waals surface area contributed by atoms with Crippen LogP contribution < -0.4 is 20.5 Å². The average molecular weight is 475 g/mol. The molecule has 0 aliphatic carbocycles. The summed E-state index contributed by atoms with van der Waals surface area (Å²) in [7, 11) is 0. The summed E-state index contributed by atoms with van der Waals surface area (Å²) in [5.41, 5.74) is 4.37. The first-order chi connectivity index (χ1) is 17.6. The van der Waals surface area contributed by atoms with Crippen LogP contribution in [0.5, 0.6) is 5.75 Å². The van der Waals surface area contributed by atoms with E-state index in [1.807, 2.05) is 60.7 Å². The van der Waals surface area contributed by atoms with E-state index in [-0.39, 0.29) is 11.5 Å². The monoisotopic (exact) mass is 474 g/mol. The van der Waals surface area contributed by atoms with Gasteiger partial charge in [-0.25, -0.2) is 5.10 Å². The third-order valence-corrected chi connectivity index (χ3v) is 6.29. The predicted octanol–water partition coefficient (Wildman–Crippen LogP) is 5.20. The van der Waals surface area contributed by atoms with Crippen molar-refractivity contribution in [1.29, 1.82) is 0 Å². The topological polar surface area (TPSA) is 87.3 Å². The number of rotatable bonds is 4. The highest BCUT2D eigenvalue weighted by Gasteiger charge is 2.20. The van der Waals surface area contributed by atoms with Gasteiger partial charge >= 0.3 is 0 Å². The number of nitrogens with one attached hydrogen (secondary N) is 2. The molecule has 1 aromatic heterocycles. The second-order valence-corrected chi connectivity index (χ2v) is 8.63. The van der Waals surface area contributed by atoms with Crippen LogP contribution in [0.4, 0.5) is 11.4 Å². The van der Waals surface area contributed by atoms with Gasteiger partial charge in [0, 0.05) is 34.1 Å². The SMILES string of the molecule is O=C(Nc1cccc(-c2ccc(=O)[nH]n2)c1)c1cccc(N2COc3ccc4ccccc4c3C2)c1. The molecule has 176 valence electrons. The van der Waals surface area contributed by atoms with E-state index in [4.69, 9.17) is 4.74 Å². The van der Waals surface area contributed by atoms with Crippen LogP contribution in [0.1, 0.15) is 15.9 Å². The number of carbonyl (C=O) groups excluding carboxylic acids is 1. The maximum absolute atomic E-state index is 13.1. The van der Waals surface area contributed by atoms with Gasteiger partial charge in [-0.3, -0.25) is 9.59 Å². The molecular weight excluding hydrogens is 452 g/mol. The number of carbonyl (C=O) groups is 1. The number of benzene rings is 4. The lowest BCUT2D eigenvalue weighted by molar-refractivity contribution is 0.102. The first kappa shape index (κ1) is 21.6. The van der Waals surface area contributed by atoms with Crippen molar-refractivity contribution in [2.24, 2.45) is 0 Å². The smallest absolute Gasteiger partial charge is 0.264 e. The van der Waals surface area contributed by atoms with Gasteiger partial charge in [0.2, 0.25) is 0 Å². The fraction of sp³-hybridized carbons (Fsp3) is 0.0690. The number of aromatic nitrogens is 2. The van der Waals surface area contributed by atoms with Crippen molar-refractivity contribution in [2.75, 3.05) is 16.9 Å². The largest absolute Gasteiger partial charge is 0.473 e. The van der Waals surface area contributed by atoms with Gasteiger partial charge in [-0.05, 0) is 53.2 Å². The Balaban J connectivity index is 1.23. The van der Waals surface area contributed by atoms with Crippen molar-refractivity contribution in [3.8, 4) is 17.0 Å². The molecule has 0 radical (unpaired) electrons.